The molecule has 72 valence electrons. The fraction of sp³-hybridized carbons (Fsp3) is 1.00. The van der Waals surface area contributed by atoms with Crippen LogP contribution in [0.15, 0.2) is 0 Å². The molecule has 1 saturated heterocycles. The lowest BCUT2D eigenvalue weighted by atomic mass is 10.5. The highest BCUT2D eigenvalue weighted by Crippen LogP contribution is 2.15. The van der Waals surface area contributed by atoms with Gasteiger partial charge >= 0.3 is 0 Å². The Bertz CT molecular complexity index is 103. The van der Waals surface area contributed by atoms with Gasteiger partial charge < -0.3 is 0 Å². The van der Waals surface area contributed by atoms with E-state index in [1.807, 2.05) is 26.3 Å². The summed E-state index contributed by atoms with van der Waals surface area (Å²) in [6, 6.07) is 0. The van der Waals surface area contributed by atoms with Crippen molar-refractivity contribution in [1.29, 1.82) is 0 Å². The van der Waals surface area contributed by atoms with E-state index in [0.717, 1.165) is 0 Å². The van der Waals surface area contributed by atoms with E-state index in [0.29, 0.717) is 6.17 Å². The van der Waals surface area contributed by atoms with Crippen LogP contribution in [0.25, 0.3) is 0 Å². The molecular weight excluding hydrogens is 154 g/mol. The lowest BCUT2D eigenvalue weighted by Crippen LogP contribution is -2.69. The fourth-order valence-corrected chi connectivity index (χ4v) is 1.32. The second-order valence-corrected chi connectivity index (χ2v) is 3.25. The highest BCUT2D eigenvalue weighted by molar-refractivity contribution is 4.60. The minimum Gasteiger partial charge on any atom is -0.212 e. The van der Waals surface area contributed by atoms with Gasteiger partial charge in [-0.15, -0.1) is 0 Å². The molecule has 0 N–H and O–H groups in total. The average Bonchev–Trinajstić information content (AvgIpc) is 2.08. The number of hydrogen-bond acceptors (Lipinski definition) is 5. The monoisotopic (exact) mass is 173 g/mol. The van der Waals surface area contributed by atoms with E-state index in [-0.39, 0.29) is 0 Å². The normalized spacial score (nSPS) is 28.5. The van der Waals surface area contributed by atoms with Gasteiger partial charge in [0.25, 0.3) is 0 Å². The molecule has 5 nitrogen and oxygen atoms in total. The van der Waals surface area contributed by atoms with Crippen LogP contribution in [0.5, 0.6) is 0 Å². The molecule has 1 aliphatic rings. The molecule has 1 rings (SSSR count). The Hall–Kier alpha value is -0.200. The number of nitrogens with zero attached hydrogens (tertiary/aromatic N) is 5. The molecule has 0 amide bonds. The van der Waals surface area contributed by atoms with E-state index in [9.17, 15) is 0 Å². The van der Waals surface area contributed by atoms with Gasteiger partial charge in [-0.3, -0.25) is 0 Å². The Morgan fingerprint density at radius 2 is 1.00 bits per heavy atom. The zero-order chi connectivity index (χ0) is 9.46. The van der Waals surface area contributed by atoms with Crippen LogP contribution in [-0.2, 0) is 0 Å². The molecule has 1 aliphatic heterocycles. The van der Waals surface area contributed by atoms with E-state index < -0.39 is 0 Å². The van der Waals surface area contributed by atoms with Gasteiger partial charge in [-0.25, -0.2) is 10.0 Å². The molecule has 1 fully saturated rings. The second kappa shape index (κ2) is 3.27. The first-order valence-corrected chi connectivity index (χ1v) is 4.13. The van der Waals surface area contributed by atoms with Gasteiger partial charge in [-0.2, -0.15) is 15.4 Å². The van der Waals surface area contributed by atoms with E-state index >= 15 is 0 Å². The molecule has 0 spiro atoms. The van der Waals surface area contributed by atoms with Crippen LogP contribution in [0, 0.1) is 0 Å². The highest BCUT2D eigenvalue weighted by atomic mass is 16.1. The third-order valence-corrected chi connectivity index (χ3v) is 2.83. The zero-order valence-corrected chi connectivity index (χ0v) is 8.81. The summed E-state index contributed by atoms with van der Waals surface area (Å²) < 4.78 is 0. The van der Waals surface area contributed by atoms with Crippen molar-refractivity contribution < 1.29 is 0 Å². The van der Waals surface area contributed by atoms with E-state index in [4.69, 9.17) is 0 Å². The first-order valence-electron chi connectivity index (χ1n) is 4.13. The van der Waals surface area contributed by atoms with Crippen molar-refractivity contribution >= 4 is 0 Å². The third-order valence-electron chi connectivity index (χ3n) is 2.83. The average molecular weight is 173 g/mol. The topological polar surface area (TPSA) is 16.2 Å². The van der Waals surface area contributed by atoms with Crippen LogP contribution in [0.2, 0.25) is 0 Å². The molecule has 0 bridgehead atoms. The summed E-state index contributed by atoms with van der Waals surface area (Å²) in [5.41, 5.74) is 0. The molecule has 0 aromatic carbocycles. The van der Waals surface area contributed by atoms with E-state index in [1.54, 1.807) is 0 Å². The first-order chi connectivity index (χ1) is 5.46. The van der Waals surface area contributed by atoms with Gasteiger partial charge in [0.05, 0.1) is 6.17 Å². The summed E-state index contributed by atoms with van der Waals surface area (Å²) in [6.07, 6.45) is 0.385. The largest absolute Gasteiger partial charge is 0.212 e. The van der Waals surface area contributed by atoms with Crippen molar-refractivity contribution in [2.75, 3.05) is 35.2 Å². The predicted molar refractivity (Wildman–Crippen MR) is 48.3 cm³/mol. The maximum absolute atomic E-state index is 2.17. The minimum absolute atomic E-state index is 0.385. The zero-order valence-electron chi connectivity index (χ0n) is 8.81. The van der Waals surface area contributed by atoms with Gasteiger partial charge in [-0.1, -0.05) is 0 Å². The van der Waals surface area contributed by atoms with Crippen molar-refractivity contribution in [3.05, 3.63) is 0 Å². The SMILES string of the molecule is CC1N(C)N(C)N(C)N(C)N1C. The van der Waals surface area contributed by atoms with Crippen LogP contribution in [0.1, 0.15) is 6.92 Å². The second-order valence-electron chi connectivity index (χ2n) is 3.25. The number of rotatable bonds is 0. The molecule has 0 aromatic rings. The van der Waals surface area contributed by atoms with Gasteiger partial charge in [0.1, 0.15) is 0 Å². The third kappa shape index (κ3) is 1.34. The molecule has 1 heterocycles. The van der Waals surface area contributed by atoms with E-state index in [1.165, 1.54) is 0 Å². The summed E-state index contributed by atoms with van der Waals surface area (Å²) in [4.78, 5) is 0. The maximum atomic E-state index is 2.17. The fourth-order valence-electron chi connectivity index (χ4n) is 1.32. The van der Waals surface area contributed by atoms with Crippen LogP contribution < -0.4 is 0 Å². The van der Waals surface area contributed by atoms with Gasteiger partial charge in [0.15, 0.2) is 0 Å². The Kier molecular flexibility index (Phi) is 2.70. The van der Waals surface area contributed by atoms with Crippen LogP contribution in [0.4, 0.5) is 0 Å². The molecule has 0 radical (unpaired) electrons. The summed E-state index contributed by atoms with van der Waals surface area (Å²) in [5, 5.41) is 10.5. The summed E-state index contributed by atoms with van der Waals surface area (Å²) in [5.74, 6) is 0. The van der Waals surface area contributed by atoms with Gasteiger partial charge in [0.2, 0.25) is 0 Å². The Morgan fingerprint density at radius 3 is 1.33 bits per heavy atom. The molecule has 0 aromatic heterocycles. The first kappa shape index (κ1) is 9.88. The van der Waals surface area contributed by atoms with Crippen molar-refractivity contribution in [3.8, 4) is 0 Å². The Labute approximate surface area is 74.6 Å². The van der Waals surface area contributed by atoms with Crippen molar-refractivity contribution in [2.24, 2.45) is 0 Å². The molecular formula is C7H19N5. The lowest BCUT2D eigenvalue weighted by Gasteiger charge is -2.53. The molecule has 0 aliphatic carbocycles. The van der Waals surface area contributed by atoms with Crippen LogP contribution in [-0.4, -0.2) is 66.8 Å². The lowest BCUT2D eigenvalue weighted by molar-refractivity contribution is -0.380. The summed E-state index contributed by atoms with van der Waals surface area (Å²) in [6.45, 7) is 2.17. The standard InChI is InChI=1S/C7H19N5/c1-7-8(2)10(4)12(6)11(5)9(7)3/h7H,1-6H3. The molecule has 5 heteroatoms. The van der Waals surface area contributed by atoms with Crippen LogP contribution >= 0.6 is 0 Å². The maximum Gasteiger partial charge on any atom is 0.0886 e. The smallest absolute Gasteiger partial charge is 0.0886 e. The molecule has 0 atom stereocenters. The highest BCUT2D eigenvalue weighted by Gasteiger charge is 2.31. The molecule has 0 unspecified atom stereocenters. The van der Waals surface area contributed by atoms with Crippen molar-refractivity contribution in [2.45, 2.75) is 13.1 Å². The van der Waals surface area contributed by atoms with Gasteiger partial charge in [-0.05, 0) is 6.92 Å². The predicted octanol–water partition coefficient (Wildman–Crippen LogP) is -0.335. The Balaban J connectivity index is 2.76. The molecule has 0 saturated carbocycles. The van der Waals surface area contributed by atoms with Crippen molar-refractivity contribution in [3.63, 3.8) is 0 Å². The summed E-state index contributed by atoms with van der Waals surface area (Å²) in [7, 11) is 10.3. The van der Waals surface area contributed by atoms with Crippen molar-refractivity contribution in [1.82, 2.24) is 25.4 Å². The van der Waals surface area contributed by atoms with Crippen LogP contribution in [0.3, 0.4) is 0 Å². The number of hydrazine groups is 4. The number of hydrogen-bond donors (Lipinski definition) is 0. The minimum atomic E-state index is 0.385. The molecule has 12 heavy (non-hydrogen) atoms. The summed E-state index contributed by atoms with van der Waals surface area (Å²) >= 11 is 0. The Morgan fingerprint density at radius 1 is 0.667 bits per heavy atom. The van der Waals surface area contributed by atoms with E-state index in [2.05, 4.69) is 41.3 Å². The van der Waals surface area contributed by atoms with Gasteiger partial charge in [0, 0.05) is 35.2 Å². The quantitative estimate of drug-likeness (QED) is 0.497.